The van der Waals surface area contributed by atoms with E-state index in [1.54, 1.807) is 12.1 Å². The van der Waals surface area contributed by atoms with Crippen LogP contribution >= 0.6 is 11.6 Å². The lowest BCUT2D eigenvalue weighted by molar-refractivity contribution is -0.0848. The average Bonchev–Trinajstić information content (AvgIpc) is 2.60. The largest absolute Gasteiger partial charge is 0.489 e. The van der Waals surface area contributed by atoms with E-state index in [2.05, 4.69) is 0 Å². The minimum atomic E-state index is -4.61. The van der Waals surface area contributed by atoms with Gasteiger partial charge in [0.15, 0.2) is 0 Å². The molecule has 0 spiro atoms. The lowest BCUT2D eigenvalue weighted by atomic mass is 10.1. The third-order valence-electron chi connectivity index (χ3n) is 2.99. The topological polar surface area (TPSA) is 66.0 Å². The van der Waals surface area contributed by atoms with Crippen LogP contribution < -0.4 is 9.47 Å². The Balaban J connectivity index is 2.11. The molecule has 0 N–H and O–H groups in total. The molecule has 0 radical (unpaired) electrons. The first-order valence-electron chi connectivity index (χ1n) is 7.10. The van der Waals surface area contributed by atoms with Gasteiger partial charge in [0.2, 0.25) is 0 Å². The zero-order chi connectivity index (χ0) is 19.2. The maximum Gasteiger partial charge on any atom is 0.426 e. The molecule has 0 amide bonds. The number of hydrogen-bond acceptors (Lipinski definition) is 4. The summed E-state index contributed by atoms with van der Waals surface area (Å²) >= 11 is 5.10. The molecule has 8 heteroatoms. The summed E-state index contributed by atoms with van der Waals surface area (Å²) in [4.78, 5) is 0. The molecule has 2 aromatic rings. The molecule has 0 aromatic heterocycles. The number of allylic oxidation sites excluding steroid dienone is 1. The Morgan fingerprint density at radius 2 is 1.62 bits per heavy atom. The van der Waals surface area contributed by atoms with Crippen LogP contribution in [-0.4, -0.2) is 12.8 Å². The Morgan fingerprint density at radius 1 is 1.00 bits per heavy atom. The number of halogens is 4. The molecule has 0 saturated carbocycles. The summed E-state index contributed by atoms with van der Waals surface area (Å²) in [5, 5.41) is 16.7. The number of benzene rings is 2. The molecule has 2 aromatic carbocycles. The fourth-order valence-corrected chi connectivity index (χ4v) is 1.94. The molecular formula is C18H10ClF3N2O2. The standard InChI is InChI=1S/C18H10ClF3N2O2/c19-17(18(20,21)22)4-5-25-14-2-1-3-15(9-14)26-16-7-12(10-23)6-13(8-16)11-24/h1-4,6-9H,5H2. The van der Waals surface area contributed by atoms with E-state index in [-0.39, 0.29) is 29.2 Å². The molecule has 0 aliphatic rings. The van der Waals surface area contributed by atoms with Crippen molar-refractivity contribution >= 4 is 11.6 Å². The fourth-order valence-electron chi connectivity index (χ4n) is 1.88. The molecule has 0 aliphatic carbocycles. The first-order chi connectivity index (χ1) is 12.3. The van der Waals surface area contributed by atoms with Crippen molar-refractivity contribution in [3.05, 3.63) is 64.7 Å². The lowest BCUT2D eigenvalue weighted by Crippen LogP contribution is -2.08. The van der Waals surface area contributed by atoms with E-state index in [1.165, 1.54) is 30.3 Å². The molecule has 132 valence electrons. The quantitative estimate of drug-likeness (QED) is 0.709. The predicted octanol–water partition coefficient (Wildman–Crippen LogP) is 5.29. The van der Waals surface area contributed by atoms with Gasteiger partial charge >= 0.3 is 6.18 Å². The molecule has 0 unspecified atom stereocenters. The third-order valence-corrected chi connectivity index (χ3v) is 3.36. The van der Waals surface area contributed by atoms with Crippen LogP contribution in [0.2, 0.25) is 0 Å². The minimum absolute atomic E-state index is 0.262. The highest BCUT2D eigenvalue weighted by Gasteiger charge is 2.31. The van der Waals surface area contributed by atoms with Crippen molar-refractivity contribution in [2.45, 2.75) is 6.18 Å². The number of nitriles is 2. The maximum absolute atomic E-state index is 12.3. The van der Waals surface area contributed by atoms with Gasteiger partial charge < -0.3 is 9.47 Å². The van der Waals surface area contributed by atoms with E-state index in [0.717, 1.165) is 0 Å². The van der Waals surface area contributed by atoms with Gasteiger partial charge in [-0.05, 0) is 36.4 Å². The number of alkyl halides is 3. The van der Waals surface area contributed by atoms with Crippen molar-refractivity contribution in [3.63, 3.8) is 0 Å². The van der Waals surface area contributed by atoms with E-state index >= 15 is 0 Å². The highest BCUT2D eigenvalue weighted by atomic mass is 35.5. The Morgan fingerprint density at radius 3 is 2.19 bits per heavy atom. The minimum Gasteiger partial charge on any atom is -0.489 e. The van der Waals surface area contributed by atoms with E-state index in [0.29, 0.717) is 11.8 Å². The summed E-state index contributed by atoms with van der Waals surface area (Å²) in [6.07, 6.45) is -3.90. The number of nitrogens with zero attached hydrogens (tertiary/aromatic N) is 2. The van der Waals surface area contributed by atoms with Gasteiger partial charge in [-0.15, -0.1) is 0 Å². The lowest BCUT2D eigenvalue weighted by Gasteiger charge is -2.09. The van der Waals surface area contributed by atoms with Gasteiger partial charge in [-0.3, -0.25) is 0 Å². The SMILES string of the molecule is N#Cc1cc(C#N)cc(Oc2cccc(OCC=C(Cl)C(F)(F)F)c2)c1. The van der Waals surface area contributed by atoms with Gasteiger partial charge in [-0.25, -0.2) is 0 Å². The summed E-state index contributed by atoms with van der Waals surface area (Å²) in [5.74, 6) is 0.868. The maximum atomic E-state index is 12.3. The summed E-state index contributed by atoms with van der Waals surface area (Å²) in [6.45, 7) is -0.371. The van der Waals surface area contributed by atoms with Gasteiger partial charge in [0.05, 0.1) is 23.3 Å². The van der Waals surface area contributed by atoms with Gasteiger partial charge in [-0.1, -0.05) is 17.7 Å². The number of ether oxygens (including phenoxy) is 2. The van der Waals surface area contributed by atoms with Crippen molar-refractivity contribution in [2.75, 3.05) is 6.61 Å². The van der Waals surface area contributed by atoms with Crippen LogP contribution in [0.3, 0.4) is 0 Å². The molecule has 0 fully saturated rings. The Bertz CT molecular complexity index is 880. The summed E-state index contributed by atoms with van der Waals surface area (Å²) in [6, 6.07) is 14.4. The number of rotatable bonds is 5. The summed E-state index contributed by atoms with van der Waals surface area (Å²) in [5.41, 5.74) is 0.525. The highest BCUT2D eigenvalue weighted by molar-refractivity contribution is 6.30. The second-order valence-corrected chi connectivity index (χ2v) is 5.31. The molecule has 0 atom stereocenters. The Hall–Kier alpha value is -3.16. The van der Waals surface area contributed by atoms with Gasteiger partial charge in [-0.2, -0.15) is 23.7 Å². The second-order valence-electron chi connectivity index (χ2n) is 4.91. The van der Waals surface area contributed by atoms with E-state index < -0.39 is 11.2 Å². The van der Waals surface area contributed by atoms with Crippen LogP contribution in [0.5, 0.6) is 17.2 Å². The fraction of sp³-hybridized carbons (Fsp3) is 0.111. The van der Waals surface area contributed by atoms with E-state index in [9.17, 15) is 13.2 Å². The predicted molar refractivity (Wildman–Crippen MR) is 87.9 cm³/mol. The van der Waals surface area contributed by atoms with Crippen LogP contribution in [0.1, 0.15) is 11.1 Å². The van der Waals surface area contributed by atoms with Gasteiger partial charge in [0.1, 0.15) is 28.9 Å². The first kappa shape index (κ1) is 19.2. The zero-order valence-corrected chi connectivity index (χ0v) is 13.8. The normalized spacial score (nSPS) is 11.4. The molecule has 2 rings (SSSR count). The van der Waals surface area contributed by atoms with Crippen LogP contribution in [0, 0.1) is 22.7 Å². The smallest absolute Gasteiger partial charge is 0.426 e. The monoisotopic (exact) mass is 378 g/mol. The molecule has 0 heterocycles. The van der Waals surface area contributed by atoms with Crippen molar-refractivity contribution in [2.24, 2.45) is 0 Å². The molecule has 0 aliphatic heterocycles. The van der Waals surface area contributed by atoms with E-state index in [1.807, 2.05) is 12.1 Å². The van der Waals surface area contributed by atoms with Crippen LogP contribution in [0.25, 0.3) is 0 Å². The summed E-state index contributed by atoms with van der Waals surface area (Å²) in [7, 11) is 0. The molecular weight excluding hydrogens is 369 g/mol. The molecule has 0 saturated heterocycles. The van der Waals surface area contributed by atoms with Crippen molar-refractivity contribution in [1.82, 2.24) is 0 Å². The van der Waals surface area contributed by atoms with E-state index in [4.69, 9.17) is 31.6 Å². The first-order valence-corrected chi connectivity index (χ1v) is 7.48. The van der Waals surface area contributed by atoms with Crippen LogP contribution in [0.15, 0.2) is 53.6 Å². The second kappa shape index (κ2) is 8.28. The van der Waals surface area contributed by atoms with Crippen molar-refractivity contribution in [1.29, 1.82) is 10.5 Å². The van der Waals surface area contributed by atoms with Gasteiger partial charge in [0, 0.05) is 6.07 Å². The zero-order valence-electron chi connectivity index (χ0n) is 13.0. The molecule has 26 heavy (non-hydrogen) atoms. The molecule has 4 nitrogen and oxygen atoms in total. The highest BCUT2D eigenvalue weighted by Crippen LogP contribution is 2.29. The van der Waals surface area contributed by atoms with Crippen LogP contribution in [0.4, 0.5) is 13.2 Å². The third kappa shape index (κ3) is 5.44. The number of hydrogen-bond donors (Lipinski definition) is 0. The molecule has 0 bridgehead atoms. The average molecular weight is 379 g/mol. The Labute approximate surface area is 152 Å². The Kier molecular flexibility index (Phi) is 6.11. The summed E-state index contributed by atoms with van der Waals surface area (Å²) < 4.78 is 47.6. The van der Waals surface area contributed by atoms with Crippen molar-refractivity contribution in [3.8, 4) is 29.4 Å². The van der Waals surface area contributed by atoms with Crippen LogP contribution in [-0.2, 0) is 0 Å². The van der Waals surface area contributed by atoms with Gasteiger partial charge in [0.25, 0.3) is 0 Å². The van der Waals surface area contributed by atoms with Crippen molar-refractivity contribution < 1.29 is 22.6 Å².